The Hall–Kier alpha value is -5.08. The average Bonchev–Trinajstić information content (AvgIpc) is 3.35. The Labute approximate surface area is 226 Å². The van der Waals surface area contributed by atoms with Gasteiger partial charge in [0.15, 0.2) is 0 Å². The Morgan fingerprint density at radius 3 is 2.08 bits per heavy atom. The van der Waals surface area contributed by atoms with Crippen LogP contribution >= 0.6 is 0 Å². The number of rotatable bonds is 1. The van der Waals surface area contributed by atoms with Gasteiger partial charge in [-0.2, -0.15) is 0 Å². The first-order valence-corrected chi connectivity index (χ1v) is 13.5. The fraction of sp³-hybridized carbons (Fsp3) is 0.0270. The summed E-state index contributed by atoms with van der Waals surface area (Å²) in [6.45, 7) is 0. The Kier molecular flexibility index (Phi) is 4.02. The molecule has 0 N–H and O–H groups in total. The first-order chi connectivity index (χ1) is 19.4. The summed E-state index contributed by atoms with van der Waals surface area (Å²) in [5.74, 6) is 1.82. The molecule has 2 nitrogen and oxygen atoms in total. The highest BCUT2D eigenvalue weighted by Gasteiger charge is 2.50. The van der Waals surface area contributed by atoms with Gasteiger partial charge in [-0.1, -0.05) is 115 Å². The maximum Gasteiger partial charge on any atom is 0.132 e. The van der Waals surface area contributed by atoms with Gasteiger partial charge in [-0.3, -0.25) is 0 Å². The van der Waals surface area contributed by atoms with E-state index in [0.29, 0.717) is 0 Å². The van der Waals surface area contributed by atoms with Crippen LogP contribution in [0.15, 0.2) is 140 Å². The summed E-state index contributed by atoms with van der Waals surface area (Å²) < 4.78 is 9.19. The van der Waals surface area contributed by atoms with Crippen LogP contribution < -0.4 is 4.74 Å². The maximum absolute atomic E-state index is 6.72. The van der Waals surface area contributed by atoms with Crippen LogP contribution in [-0.2, 0) is 5.41 Å². The predicted octanol–water partition coefficient (Wildman–Crippen LogP) is 9.25. The highest BCUT2D eigenvalue weighted by molar-refractivity contribution is 6.12. The molecule has 2 heteroatoms. The summed E-state index contributed by atoms with van der Waals surface area (Å²) in [5.41, 5.74) is 10.5. The van der Waals surface area contributed by atoms with Gasteiger partial charge in [-0.25, -0.2) is 0 Å². The molecule has 1 atom stereocenters. The predicted molar refractivity (Wildman–Crippen MR) is 158 cm³/mol. The van der Waals surface area contributed by atoms with E-state index in [1.165, 1.54) is 55.3 Å². The van der Waals surface area contributed by atoms with Gasteiger partial charge in [0.05, 0.1) is 22.1 Å². The van der Waals surface area contributed by atoms with Gasteiger partial charge >= 0.3 is 0 Å². The van der Waals surface area contributed by atoms with Gasteiger partial charge in [-0.15, -0.1) is 0 Å². The fourth-order valence-electron chi connectivity index (χ4n) is 7.14. The van der Waals surface area contributed by atoms with Gasteiger partial charge in [0.25, 0.3) is 0 Å². The van der Waals surface area contributed by atoms with Crippen molar-refractivity contribution in [2.75, 3.05) is 0 Å². The molecule has 0 saturated heterocycles. The minimum absolute atomic E-state index is 0.514. The molecule has 2 aliphatic heterocycles. The molecule has 39 heavy (non-hydrogen) atoms. The van der Waals surface area contributed by atoms with E-state index < -0.39 is 5.41 Å². The van der Waals surface area contributed by atoms with E-state index in [9.17, 15) is 0 Å². The molecule has 1 spiro atoms. The van der Waals surface area contributed by atoms with Crippen molar-refractivity contribution >= 4 is 21.8 Å². The zero-order valence-corrected chi connectivity index (χ0v) is 21.1. The van der Waals surface area contributed by atoms with Crippen LogP contribution in [0.2, 0.25) is 0 Å². The Morgan fingerprint density at radius 2 is 1.15 bits per heavy atom. The minimum atomic E-state index is -0.514. The summed E-state index contributed by atoms with van der Waals surface area (Å²) >= 11 is 0. The number of ether oxygens (including phenoxy) is 1. The highest BCUT2D eigenvalue weighted by atomic mass is 16.5. The highest BCUT2D eigenvalue weighted by Crippen LogP contribution is 2.60. The summed E-state index contributed by atoms with van der Waals surface area (Å²) in [6.07, 6.45) is 0. The van der Waals surface area contributed by atoms with Crippen molar-refractivity contribution in [1.29, 1.82) is 0 Å². The fourth-order valence-corrected chi connectivity index (χ4v) is 7.14. The molecule has 0 saturated carbocycles. The number of benzene rings is 6. The third-order valence-electron chi connectivity index (χ3n) is 8.65. The lowest BCUT2D eigenvalue weighted by atomic mass is 9.61. The van der Waals surface area contributed by atoms with Crippen LogP contribution in [0.5, 0.6) is 11.5 Å². The second-order valence-electron chi connectivity index (χ2n) is 10.5. The first kappa shape index (κ1) is 20.9. The van der Waals surface area contributed by atoms with Crippen molar-refractivity contribution < 1.29 is 4.74 Å². The number of nitrogens with zero attached hydrogens (tertiary/aromatic N) is 1. The molecule has 182 valence electrons. The topological polar surface area (TPSA) is 14.2 Å². The van der Waals surface area contributed by atoms with Crippen molar-refractivity contribution in [2.24, 2.45) is 0 Å². The van der Waals surface area contributed by atoms with Crippen LogP contribution in [0.1, 0.15) is 22.3 Å². The normalized spacial score (nSPS) is 16.5. The lowest BCUT2D eigenvalue weighted by Crippen LogP contribution is -2.37. The standard InChI is InChI=1S/C37H23NO/c1-2-11-24(12-3-1)25-21-22-30-35(23-25)39-34-20-9-6-16-29(34)37(30)28-15-5-8-19-33(28)38-32-18-7-4-13-26(32)27-14-10-17-31(37)36(27)38/h1-23H. The van der Waals surface area contributed by atoms with Crippen LogP contribution in [-0.4, -0.2) is 4.57 Å². The molecule has 7 aromatic rings. The zero-order valence-electron chi connectivity index (χ0n) is 21.1. The van der Waals surface area contributed by atoms with Crippen LogP contribution in [0.25, 0.3) is 38.6 Å². The molecule has 0 aliphatic carbocycles. The van der Waals surface area contributed by atoms with Crippen molar-refractivity contribution in [3.63, 3.8) is 0 Å². The molecule has 2 aliphatic rings. The summed E-state index contributed by atoms with van der Waals surface area (Å²) in [5, 5.41) is 2.56. The lowest BCUT2D eigenvalue weighted by molar-refractivity contribution is 0.434. The van der Waals surface area contributed by atoms with Gasteiger partial charge in [0.2, 0.25) is 0 Å². The van der Waals surface area contributed by atoms with Gasteiger partial charge in [-0.05, 0) is 46.5 Å². The second kappa shape index (κ2) is 7.49. The van der Waals surface area contributed by atoms with E-state index in [0.717, 1.165) is 17.1 Å². The molecule has 3 heterocycles. The SMILES string of the molecule is c1ccc(-c2ccc3c(c2)Oc2ccccc2C32c3ccccc3-n3c4ccccc4c4cccc2c43)cc1. The molecule has 0 radical (unpaired) electrons. The summed E-state index contributed by atoms with van der Waals surface area (Å²) in [4.78, 5) is 0. The van der Waals surface area contributed by atoms with Crippen LogP contribution in [0, 0.1) is 0 Å². The minimum Gasteiger partial charge on any atom is -0.457 e. The van der Waals surface area contributed by atoms with E-state index in [1.807, 2.05) is 0 Å². The molecule has 6 aromatic carbocycles. The Bertz CT molecular complexity index is 2100. The third kappa shape index (κ3) is 2.56. The maximum atomic E-state index is 6.72. The summed E-state index contributed by atoms with van der Waals surface area (Å²) in [6, 6.07) is 50.4. The molecule has 0 fully saturated rings. The smallest absolute Gasteiger partial charge is 0.132 e. The lowest BCUT2D eigenvalue weighted by Gasteiger charge is -2.45. The van der Waals surface area contributed by atoms with Crippen LogP contribution in [0.3, 0.4) is 0 Å². The van der Waals surface area contributed by atoms with E-state index in [-0.39, 0.29) is 0 Å². The number of fused-ring (bicyclic) bond motifs is 11. The van der Waals surface area contributed by atoms with Crippen molar-refractivity contribution in [3.05, 3.63) is 162 Å². The Morgan fingerprint density at radius 1 is 0.462 bits per heavy atom. The van der Waals surface area contributed by atoms with E-state index in [4.69, 9.17) is 4.74 Å². The van der Waals surface area contributed by atoms with Gasteiger partial charge in [0, 0.05) is 21.9 Å². The molecular weight excluding hydrogens is 474 g/mol. The number of hydrogen-bond acceptors (Lipinski definition) is 1. The molecule has 9 rings (SSSR count). The van der Waals surface area contributed by atoms with Crippen molar-refractivity contribution in [1.82, 2.24) is 4.57 Å². The van der Waals surface area contributed by atoms with Crippen molar-refractivity contribution in [2.45, 2.75) is 5.41 Å². The Balaban J connectivity index is 1.48. The molecular formula is C37H23NO. The molecule has 1 unspecified atom stereocenters. The van der Waals surface area contributed by atoms with Gasteiger partial charge < -0.3 is 9.30 Å². The number of hydrogen-bond donors (Lipinski definition) is 0. The van der Waals surface area contributed by atoms with Crippen molar-refractivity contribution in [3.8, 4) is 28.3 Å². The first-order valence-electron chi connectivity index (χ1n) is 13.5. The monoisotopic (exact) mass is 497 g/mol. The quantitative estimate of drug-likeness (QED) is 0.220. The average molecular weight is 498 g/mol. The number of aromatic nitrogens is 1. The molecule has 0 bridgehead atoms. The zero-order chi connectivity index (χ0) is 25.6. The molecule has 1 aromatic heterocycles. The van der Waals surface area contributed by atoms with E-state index >= 15 is 0 Å². The van der Waals surface area contributed by atoms with E-state index in [2.05, 4.69) is 144 Å². The van der Waals surface area contributed by atoms with Crippen LogP contribution in [0.4, 0.5) is 0 Å². The third-order valence-corrected chi connectivity index (χ3v) is 8.65. The molecule has 0 amide bonds. The largest absolute Gasteiger partial charge is 0.457 e. The van der Waals surface area contributed by atoms with E-state index in [1.54, 1.807) is 0 Å². The summed E-state index contributed by atoms with van der Waals surface area (Å²) in [7, 11) is 0. The number of para-hydroxylation sites is 4. The van der Waals surface area contributed by atoms with Gasteiger partial charge in [0.1, 0.15) is 11.5 Å². The second-order valence-corrected chi connectivity index (χ2v) is 10.5.